The lowest BCUT2D eigenvalue weighted by Crippen LogP contribution is -2.24. The molecular weight excluding hydrogens is 255 g/mol. The molecule has 0 aliphatic heterocycles. The number of rotatable bonds is 9. The van der Waals surface area contributed by atoms with E-state index < -0.39 is 11.9 Å². The normalized spacial score (nSPS) is 12.4. The highest BCUT2D eigenvalue weighted by Gasteiger charge is 2.12. The number of benzene rings is 1. The van der Waals surface area contributed by atoms with Crippen LogP contribution in [-0.2, 0) is 16.1 Å². The summed E-state index contributed by atoms with van der Waals surface area (Å²) in [5.74, 6) is -0.611. The van der Waals surface area contributed by atoms with E-state index in [0.29, 0.717) is 18.8 Å². The molecule has 0 saturated heterocycles. The van der Waals surface area contributed by atoms with Crippen molar-refractivity contribution in [3.8, 4) is 5.75 Å². The van der Waals surface area contributed by atoms with Crippen molar-refractivity contribution in [3.63, 3.8) is 0 Å². The summed E-state index contributed by atoms with van der Waals surface area (Å²) >= 11 is 0. The highest BCUT2D eigenvalue weighted by atomic mass is 19.1. The number of aliphatic hydroxyl groups excluding tert-OH is 2. The molecule has 0 saturated carbocycles. The second-order valence-electron chi connectivity index (χ2n) is 3.92. The minimum atomic E-state index is -0.872. The molecule has 0 heterocycles. The van der Waals surface area contributed by atoms with Crippen LogP contribution in [0.25, 0.3) is 0 Å². The van der Waals surface area contributed by atoms with Gasteiger partial charge in [-0.1, -0.05) is 12.1 Å². The highest BCUT2D eigenvalue weighted by molar-refractivity contribution is 5.34. The van der Waals surface area contributed by atoms with Gasteiger partial charge in [0.2, 0.25) is 0 Å². The maximum absolute atomic E-state index is 13.5. The van der Waals surface area contributed by atoms with E-state index in [0.717, 1.165) is 0 Å². The molecule has 1 aromatic rings. The van der Waals surface area contributed by atoms with Crippen LogP contribution < -0.4 is 4.74 Å². The first kappa shape index (κ1) is 15.8. The zero-order chi connectivity index (χ0) is 14.1. The SMILES string of the molecule is COCCOCC(O)COc1c(F)cccc1CO. The predicted octanol–water partition coefficient (Wildman–Crippen LogP) is 0.721. The van der Waals surface area contributed by atoms with E-state index in [1.807, 2.05) is 0 Å². The summed E-state index contributed by atoms with van der Waals surface area (Å²) in [7, 11) is 1.55. The van der Waals surface area contributed by atoms with Crippen LogP contribution in [0, 0.1) is 5.82 Å². The smallest absolute Gasteiger partial charge is 0.165 e. The van der Waals surface area contributed by atoms with Gasteiger partial charge < -0.3 is 24.4 Å². The summed E-state index contributed by atoms with van der Waals surface area (Å²) in [6.07, 6.45) is -0.872. The fourth-order valence-corrected chi connectivity index (χ4v) is 1.43. The van der Waals surface area contributed by atoms with E-state index in [1.165, 1.54) is 12.1 Å². The number of para-hydroxylation sites is 1. The molecule has 1 rings (SSSR count). The van der Waals surface area contributed by atoms with Crippen LogP contribution in [0.3, 0.4) is 0 Å². The molecule has 2 N–H and O–H groups in total. The van der Waals surface area contributed by atoms with Crippen molar-refractivity contribution in [1.82, 2.24) is 0 Å². The zero-order valence-electron chi connectivity index (χ0n) is 10.8. The fourth-order valence-electron chi connectivity index (χ4n) is 1.43. The van der Waals surface area contributed by atoms with Crippen LogP contribution in [0.5, 0.6) is 5.75 Å². The first-order valence-corrected chi connectivity index (χ1v) is 5.94. The summed E-state index contributed by atoms with van der Waals surface area (Å²) in [5.41, 5.74) is 0.340. The Kier molecular flexibility index (Phi) is 7.35. The molecule has 0 aromatic heterocycles. The Morgan fingerprint density at radius 1 is 1.26 bits per heavy atom. The van der Waals surface area contributed by atoms with Crippen molar-refractivity contribution < 1.29 is 28.8 Å². The van der Waals surface area contributed by atoms with E-state index in [9.17, 15) is 9.50 Å². The molecule has 0 fully saturated rings. The maximum atomic E-state index is 13.5. The molecular formula is C13H19FO5. The third-order valence-corrected chi connectivity index (χ3v) is 2.38. The largest absolute Gasteiger partial charge is 0.487 e. The van der Waals surface area contributed by atoms with Gasteiger partial charge in [0, 0.05) is 12.7 Å². The maximum Gasteiger partial charge on any atom is 0.165 e. The second kappa shape index (κ2) is 8.82. The standard InChI is InChI=1S/C13H19FO5/c1-17-5-6-18-8-11(16)9-19-13-10(7-15)3-2-4-12(13)14/h2-4,11,15-16H,5-9H2,1H3. The molecule has 5 nitrogen and oxygen atoms in total. The Morgan fingerprint density at radius 3 is 2.74 bits per heavy atom. The number of hydrogen-bond acceptors (Lipinski definition) is 5. The molecule has 0 bridgehead atoms. The number of aliphatic hydroxyl groups is 2. The van der Waals surface area contributed by atoms with Gasteiger partial charge in [-0.3, -0.25) is 0 Å². The number of hydrogen-bond donors (Lipinski definition) is 2. The third-order valence-electron chi connectivity index (χ3n) is 2.38. The van der Waals surface area contributed by atoms with Crippen molar-refractivity contribution in [3.05, 3.63) is 29.6 Å². The lowest BCUT2D eigenvalue weighted by molar-refractivity contribution is -0.00497. The second-order valence-corrected chi connectivity index (χ2v) is 3.92. The molecule has 6 heteroatoms. The summed E-state index contributed by atoms with van der Waals surface area (Å²) in [4.78, 5) is 0. The van der Waals surface area contributed by atoms with Crippen molar-refractivity contribution >= 4 is 0 Å². The van der Waals surface area contributed by atoms with Crippen LogP contribution in [0.4, 0.5) is 4.39 Å². The molecule has 1 aromatic carbocycles. The molecule has 19 heavy (non-hydrogen) atoms. The average molecular weight is 274 g/mol. The quantitative estimate of drug-likeness (QED) is 0.649. The molecule has 108 valence electrons. The predicted molar refractivity (Wildman–Crippen MR) is 66.5 cm³/mol. The van der Waals surface area contributed by atoms with Gasteiger partial charge in [0.05, 0.1) is 26.4 Å². The third kappa shape index (κ3) is 5.52. The lowest BCUT2D eigenvalue weighted by Gasteiger charge is -2.15. The minimum absolute atomic E-state index is 0.0408. The Bertz CT molecular complexity index is 372. The van der Waals surface area contributed by atoms with Gasteiger partial charge in [-0.15, -0.1) is 0 Å². The van der Waals surface area contributed by atoms with E-state index >= 15 is 0 Å². The summed E-state index contributed by atoms with van der Waals surface area (Å²) in [6.45, 7) is 0.450. The molecule has 1 atom stereocenters. The van der Waals surface area contributed by atoms with Crippen LogP contribution in [0.15, 0.2) is 18.2 Å². The van der Waals surface area contributed by atoms with E-state index in [4.69, 9.17) is 19.3 Å². The molecule has 0 spiro atoms. The molecule has 0 amide bonds. The van der Waals surface area contributed by atoms with Crippen LogP contribution >= 0.6 is 0 Å². The van der Waals surface area contributed by atoms with Crippen molar-refractivity contribution in [2.45, 2.75) is 12.7 Å². The summed E-state index contributed by atoms with van der Waals surface area (Å²) < 4.78 is 28.6. The number of methoxy groups -OCH3 is 1. The highest BCUT2D eigenvalue weighted by Crippen LogP contribution is 2.22. The van der Waals surface area contributed by atoms with Gasteiger partial charge in [0.15, 0.2) is 11.6 Å². The monoisotopic (exact) mass is 274 g/mol. The van der Waals surface area contributed by atoms with Gasteiger partial charge in [-0.05, 0) is 6.07 Å². The Hall–Kier alpha value is -1.21. The van der Waals surface area contributed by atoms with Crippen LogP contribution in [-0.4, -0.2) is 49.9 Å². The molecule has 1 unspecified atom stereocenters. The van der Waals surface area contributed by atoms with Gasteiger partial charge >= 0.3 is 0 Å². The van der Waals surface area contributed by atoms with Crippen molar-refractivity contribution in [2.75, 3.05) is 33.5 Å². The Balaban J connectivity index is 2.39. The van der Waals surface area contributed by atoms with Crippen LogP contribution in [0.2, 0.25) is 0 Å². The minimum Gasteiger partial charge on any atom is -0.487 e. The van der Waals surface area contributed by atoms with Gasteiger partial charge in [-0.2, -0.15) is 0 Å². The first-order valence-electron chi connectivity index (χ1n) is 5.94. The van der Waals surface area contributed by atoms with Crippen LogP contribution in [0.1, 0.15) is 5.56 Å². The van der Waals surface area contributed by atoms with Gasteiger partial charge in [0.25, 0.3) is 0 Å². The lowest BCUT2D eigenvalue weighted by atomic mass is 10.2. The van der Waals surface area contributed by atoms with E-state index in [-0.39, 0.29) is 25.6 Å². The van der Waals surface area contributed by atoms with Gasteiger partial charge in [-0.25, -0.2) is 4.39 Å². The average Bonchev–Trinajstić information content (AvgIpc) is 2.42. The topological polar surface area (TPSA) is 68.2 Å². The number of ether oxygens (including phenoxy) is 3. The first-order chi connectivity index (χ1) is 9.19. The Labute approximate surface area is 111 Å². The fraction of sp³-hybridized carbons (Fsp3) is 0.538. The molecule has 0 radical (unpaired) electrons. The van der Waals surface area contributed by atoms with Crippen molar-refractivity contribution in [1.29, 1.82) is 0 Å². The molecule has 0 aliphatic carbocycles. The van der Waals surface area contributed by atoms with E-state index in [1.54, 1.807) is 13.2 Å². The summed E-state index contributed by atoms with van der Waals surface area (Å²) in [6, 6.07) is 4.27. The van der Waals surface area contributed by atoms with E-state index in [2.05, 4.69) is 0 Å². The number of halogens is 1. The van der Waals surface area contributed by atoms with Crippen molar-refractivity contribution in [2.24, 2.45) is 0 Å². The zero-order valence-corrected chi connectivity index (χ0v) is 10.8. The Morgan fingerprint density at radius 2 is 2.05 bits per heavy atom. The summed E-state index contributed by atoms with van der Waals surface area (Å²) in [5, 5.41) is 18.6. The molecule has 0 aliphatic rings. The van der Waals surface area contributed by atoms with Gasteiger partial charge in [0.1, 0.15) is 12.7 Å².